The molecule has 68 valence electrons. The number of carboxylic acid groups (broad SMARTS) is 1. The van der Waals surface area contributed by atoms with Gasteiger partial charge in [-0.2, -0.15) is 0 Å². The van der Waals surface area contributed by atoms with E-state index in [4.69, 9.17) is 10.5 Å². The second kappa shape index (κ2) is 5.29. The van der Waals surface area contributed by atoms with E-state index < -0.39 is 11.9 Å². The molecule has 0 unspecified atom stereocenters. The maximum Gasteiger partial charge on any atom is 0.351 e. The number of methoxy groups -OCH3 is 1. The van der Waals surface area contributed by atoms with Crippen LogP contribution in [0.3, 0.4) is 0 Å². The third kappa shape index (κ3) is 4.43. The van der Waals surface area contributed by atoms with Gasteiger partial charge in [0.2, 0.25) is 0 Å². The van der Waals surface area contributed by atoms with E-state index in [2.05, 4.69) is 4.74 Å². The Morgan fingerprint density at radius 2 is 2.00 bits per heavy atom. The second-order valence-corrected chi connectivity index (χ2v) is 2.22. The molecule has 0 aliphatic heterocycles. The second-order valence-electron chi connectivity index (χ2n) is 2.22. The molecule has 0 aliphatic rings. The molecular weight excluding hydrogens is 162 g/mol. The Kier molecular flexibility index (Phi) is 4.67. The highest BCUT2D eigenvalue weighted by Gasteiger charge is 2.08. The predicted molar refractivity (Wildman–Crippen MR) is 41.2 cm³/mol. The lowest BCUT2D eigenvalue weighted by atomic mass is 10.2. The van der Waals surface area contributed by atoms with Crippen LogP contribution in [-0.4, -0.2) is 29.9 Å². The number of hydrogen-bond acceptors (Lipinski definition) is 4. The van der Waals surface area contributed by atoms with E-state index in [1.54, 1.807) is 0 Å². The minimum atomic E-state index is -0.923. The van der Waals surface area contributed by atoms with Crippen molar-refractivity contribution in [3.05, 3.63) is 0 Å². The zero-order valence-corrected chi connectivity index (χ0v) is 6.79. The zero-order chi connectivity index (χ0) is 9.56. The van der Waals surface area contributed by atoms with Crippen molar-refractivity contribution in [1.29, 1.82) is 5.41 Å². The molecule has 0 spiro atoms. The maximum absolute atomic E-state index is 10.6. The van der Waals surface area contributed by atoms with Crippen molar-refractivity contribution in [3.8, 4) is 0 Å². The van der Waals surface area contributed by atoms with Crippen LogP contribution in [0.4, 0.5) is 0 Å². The first-order chi connectivity index (χ1) is 5.57. The van der Waals surface area contributed by atoms with Crippen LogP contribution < -0.4 is 0 Å². The van der Waals surface area contributed by atoms with Gasteiger partial charge in [0.1, 0.15) is 5.71 Å². The Labute approximate surface area is 69.8 Å². The molecule has 2 N–H and O–H groups in total. The predicted octanol–water partition coefficient (Wildman–Crippen LogP) is 0.434. The van der Waals surface area contributed by atoms with Crippen LogP contribution in [0.2, 0.25) is 0 Å². The Morgan fingerprint density at radius 3 is 2.42 bits per heavy atom. The molecule has 0 amide bonds. The first kappa shape index (κ1) is 10.6. The topological polar surface area (TPSA) is 87.5 Å². The summed E-state index contributed by atoms with van der Waals surface area (Å²) in [6.45, 7) is 0. The molecule has 0 bridgehead atoms. The van der Waals surface area contributed by atoms with E-state index in [0.717, 1.165) is 0 Å². The first-order valence-electron chi connectivity index (χ1n) is 3.45. The molecule has 0 saturated carbocycles. The highest BCUT2D eigenvalue weighted by Crippen LogP contribution is 1.97. The molecule has 0 aromatic rings. The smallest absolute Gasteiger partial charge is 0.351 e. The Morgan fingerprint density at radius 1 is 1.42 bits per heavy atom. The van der Waals surface area contributed by atoms with Crippen molar-refractivity contribution in [1.82, 2.24) is 0 Å². The fourth-order valence-corrected chi connectivity index (χ4v) is 0.642. The number of carbonyl (C=O) groups is 2. The van der Waals surface area contributed by atoms with Crippen molar-refractivity contribution in [3.63, 3.8) is 0 Å². The standard InChI is InChI=1S/C7H11NO4/c1-12-7(11)5(8)3-2-4-6(9)10/h8H,2-4H2,1H3,(H,9,10). The van der Waals surface area contributed by atoms with Gasteiger partial charge in [-0.15, -0.1) is 0 Å². The van der Waals surface area contributed by atoms with Gasteiger partial charge in [-0.25, -0.2) is 4.79 Å². The van der Waals surface area contributed by atoms with Gasteiger partial charge in [-0.3, -0.25) is 10.2 Å². The lowest BCUT2D eigenvalue weighted by Gasteiger charge is -1.99. The van der Waals surface area contributed by atoms with E-state index in [0.29, 0.717) is 6.42 Å². The van der Waals surface area contributed by atoms with Crippen molar-refractivity contribution in [2.24, 2.45) is 0 Å². The third-order valence-corrected chi connectivity index (χ3v) is 1.25. The summed E-state index contributed by atoms with van der Waals surface area (Å²) < 4.78 is 4.26. The molecule has 0 aliphatic carbocycles. The van der Waals surface area contributed by atoms with Crippen molar-refractivity contribution in [2.45, 2.75) is 19.3 Å². The van der Waals surface area contributed by atoms with Gasteiger partial charge in [0, 0.05) is 6.42 Å². The normalized spacial score (nSPS) is 9.08. The van der Waals surface area contributed by atoms with Gasteiger partial charge in [-0.05, 0) is 12.8 Å². The number of carbonyl (C=O) groups excluding carboxylic acids is 1. The highest BCUT2D eigenvalue weighted by molar-refractivity contribution is 6.34. The monoisotopic (exact) mass is 173 g/mol. The van der Waals surface area contributed by atoms with Crippen molar-refractivity contribution >= 4 is 17.7 Å². The molecule has 0 aromatic heterocycles. The average Bonchev–Trinajstić information content (AvgIpc) is 2.02. The molecule has 5 nitrogen and oxygen atoms in total. The molecule has 5 heteroatoms. The number of ether oxygens (including phenoxy) is 1. The molecular formula is C7H11NO4. The molecule has 0 atom stereocenters. The number of aliphatic carboxylic acids is 1. The van der Waals surface area contributed by atoms with Crippen LogP contribution in [0.1, 0.15) is 19.3 Å². The summed E-state index contributed by atoms with van der Waals surface area (Å²) in [5.74, 6) is -1.62. The van der Waals surface area contributed by atoms with Gasteiger partial charge in [0.25, 0.3) is 0 Å². The first-order valence-corrected chi connectivity index (χ1v) is 3.45. The van der Waals surface area contributed by atoms with E-state index in [9.17, 15) is 9.59 Å². The summed E-state index contributed by atoms with van der Waals surface area (Å²) in [6.07, 6.45) is 0.418. The van der Waals surface area contributed by atoms with Gasteiger partial charge in [0.15, 0.2) is 0 Å². The lowest BCUT2D eigenvalue weighted by Crippen LogP contribution is -2.14. The van der Waals surface area contributed by atoms with E-state index in [-0.39, 0.29) is 18.6 Å². The van der Waals surface area contributed by atoms with Crippen LogP contribution in [0.25, 0.3) is 0 Å². The number of rotatable bonds is 5. The Bertz CT molecular complexity index is 200. The summed E-state index contributed by atoms with van der Waals surface area (Å²) in [4.78, 5) is 20.6. The van der Waals surface area contributed by atoms with Crippen LogP contribution in [-0.2, 0) is 14.3 Å². The highest BCUT2D eigenvalue weighted by atomic mass is 16.5. The fourth-order valence-electron chi connectivity index (χ4n) is 0.642. The average molecular weight is 173 g/mol. The van der Waals surface area contributed by atoms with E-state index >= 15 is 0 Å². The summed E-state index contributed by atoms with van der Waals surface area (Å²) in [6, 6.07) is 0. The van der Waals surface area contributed by atoms with Gasteiger partial charge < -0.3 is 9.84 Å². The zero-order valence-electron chi connectivity index (χ0n) is 6.79. The third-order valence-electron chi connectivity index (χ3n) is 1.25. The van der Waals surface area contributed by atoms with Crippen molar-refractivity contribution in [2.75, 3.05) is 7.11 Å². The molecule has 0 radical (unpaired) electrons. The van der Waals surface area contributed by atoms with E-state index in [1.807, 2.05) is 0 Å². The van der Waals surface area contributed by atoms with Crippen LogP contribution in [0.5, 0.6) is 0 Å². The summed E-state index contributed by atoms with van der Waals surface area (Å²) in [5, 5.41) is 15.3. The summed E-state index contributed by atoms with van der Waals surface area (Å²) >= 11 is 0. The number of carboxylic acids is 1. The van der Waals surface area contributed by atoms with Gasteiger partial charge in [0.05, 0.1) is 7.11 Å². The Hall–Kier alpha value is -1.39. The molecule has 0 saturated heterocycles. The van der Waals surface area contributed by atoms with Gasteiger partial charge in [-0.1, -0.05) is 0 Å². The van der Waals surface area contributed by atoms with Crippen LogP contribution in [0, 0.1) is 5.41 Å². The molecule has 0 heterocycles. The number of hydrogen-bond donors (Lipinski definition) is 2. The minimum Gasteiger partial charge on any atom is -0.481 e. The van der Waals surface area contributed by atoms with Crippen LogP contribution in [0.15, 0.2) is 0 Å². The van der Waals surface area contributed by atoms with Crippen molar-refractivity contribution < 1.29 is 19.4 Å². The molecule has 0 fully saturated rings. The maximum atomic E-state index is 10.6. The lowest BCUT2D eigenvalue weighted by molar-refractivity contribution is -0.137. The quantitative estimate of drug-likeness (QED) is 0.466. The molecule has 0 rings (SSSR count). The minimum absolute atomic E-state index is 0.0284. The van der Waals surface area contributed by atoms with E-state index in [1.165, 1.54) is 7.11 Å². The largest absolute Gasteiger partial charge is 0.481 e. The fraction of sp³-hybridized carbons (Fsp3) is 0.571. The number of nitrogens with one attached hydrogen (secondary N) is 1. The summed E-state index contributed by atoms with van der Waals surface area (Å²) in [7, 11) is 1.19. The van der Waals surface area contributed by atoms with Gasteiger partial charge >= 0.3 is 11.9 Å². The van der Waals surface area contributed by atoms with Crippen LogP contribution >= 0.6 is 0 Å². The summed E-state index contributed by atoms with van der Waals surface area (Å²) in [5.41, 5.74) is -0.182. The number of esters is 1. The SMILES string of the molecule is COC(=O)C(=N)CCCC(=O)O. The Balaban J connectivity index is 3.58. The molecule has 0 aromatic carbocycles. The molecule has 12 heavy (non-hydrogen) atoms.